The normalized spacial score (nSPS) is 14.6. The average Bonchev–Trinajstić information content (AvgIpc) is 2.64. The molecule has 28 heavy (non-hydrogen) atoms. The van der Waals surface area contributed by atoms with E-state index in [1.54, 1.807) is 28.0 Å². The van der Waals surface area contributed by atoms with Crippen molar-refractivity contribution in [2.45, 2.75) is 45.8 Å². The summed E-state index contributed by atoms with van der Waals surface area (Å²) in [5.74, 6) is -0.810. The Hall–Kier alpha value is -2.64. The molecule has 0 bridgehead atoms. The van der Waals surface area contributed by atoms with Crippen molar-refractivity contribution in [3.05, 3.63) is 35.6 Å². The molecule has 1 aliphatic rings. The third-order valence-corrected chi connectivity index (χ3v) is 4.28. The van der Waals surface area contributed by atoms with Crippen LogP contribution in [0.15, 0.2) is 24.3 Å². The third-order valence-electron chi connectivity index (χ3n) is 4.28. The molecule has 1 aromatic carbocycles. The fourth-order valence-corrected chi connectivity index (χ4v) is 2.77. The predicted molar refractivity (Wildman–Crippen MR) is 102 cm³/mol. The lowest BCUT2D eigenvalue weighted by molar-refractivity contribution is -0.135. The van der Waals surface area contributed by atoms with E-state index in [0.29, 0.717) is 31.7 Å². The lowest BCUT2D eigenvalue weighted by Crippen LogP contribution is -2.51. The molecule has 1 heterocycles. The van der Waals surface area contributed by atoms with Crippen molar-refractivity contribution in [3.8, 4) is 0 Å². The van der Waals surface area contributed by atoms with E-state index in [2.05, 4.69) is 5.32 Å². The summed E-state index contributed by atoms with van der Waals surface area (Å²) in [6.45, 7) is 7.14. The van der Waals surface area contributed by atoms with Crippen molar-refractivity contribution in [2.75, 3.05) is 26.2 Å². The summed E-state index contributed by atoms with van der Waals surface area (Å²) in [7, 11) is 0. The van der Waals surface area contributed by atoms with Gasteiger partial charge in [0, 0.05) is 51.1 Å². The Morgan fingerprint density at radius 1 is 1.04 bits per heavy atom. The number of piperazine rings is 1. The van der Waals surface area contributed by atoms with Crippen molar-refractivity contribution in [2.24, 2.45) is 0 Å². The molecule has 0 saturated carbocycles. The van der Waals surface area contributed by atoms with Gasteiger partial charge in [-0.3, -0.25) is 9.59 Å². The van der Waals surface area contributed by atoms with Gasteiger partial charge in [-0.15, -0.1) is 0 Å². The summed E-state index contributed by atoms with van der Waals surface area (Å²) in [4.78, 5) is 39.5. The molecule has 2 rings (SSSR count). The fraction of sp³-hybridized carbons (Fsp3) is 0.550. The van der Waals surface area contributed by atoms with Gasteiger partial charge in [-0.1, -0.05) is 18.2 Å². The van der Waals surface area contributed by atoms with E-state index >= 15 is 0 Å². The second-order valence-corrected chi connectivity index (χ2v) is 7.72. The Bertz CT molecular complexity index is 710. The second-order valence-electron chi connectivity index (χ2n) is 7.72. The average molecular weight is 393 g/mol. The maximum atomic E-state index is 13.5. The van der Waals surface area contributed by atoms with Gasteiger partial charge < -0.3 is 19.9 Å². The number of nitrogens with zero attached hydrogens (tertiary/aromatic N) is 2. The number of hydrogen-bond donors (Lipinski definition) is 1. The summed E-state index contributed by atoms with van der Waals surface area (Å²) in [6.07, 6.45) is -0.262. The number of carbonyl (C=O) groups excluding carboxylic acids is 3. The maximum absolute atomic E-state index is 13.5. The lowest BCUT2D eigenvalue weighted by Gasteiger charge is -2.35. The second kappa shape index (κ2) is 9.52. The number of carbonyl (C=O) groups is 3. The predicted octanol–water partition coefficient (Wildman–Crippen LogP) is 2.30. The minimum Gasteiger partial charge on any atom is -0.444 e. The molecule has 7 nitrogen and oxygen atoms in total. The van der Waals surface area contributed by atoms with E-state index in [9.17, 15) is 18.8 Å². The zero-order valence-electron chi connectivity index (χ0n) is 16.7. The molecule has 0 radical (unpaired) electrons. The molecule has 3 amide bonds. The van der Waals surface area contributed by atoms with Gasteiger partial charge in [0.15, 0.2) is 0 Å². The highest BCUT2D eigenvalue weighted by Gasteiger charge is 2.27. The first-order valence-electron chi connectivity index (χ1n) is 9.41. The van der Waals surface area contributed by atoms with Crippen LogP contribution in [0.3, 0.4) is 0 Å². The highest BCUT2D eigenvalue weighted by Crippen LogP contribution is 2.12. The first kappa shape index (κ1) is 21.7. The van der Waals surface area contributed by atoms with Gasteiger partial charge in [0.05, 0.1) is 0 Å². The highest BCUT2D eigenvalue weighted by molar-refractivity contribution is 5.84. The molecule has 0 atom stereocenters. The summed E-state index contributed by atoms with van der Waals surface area (Å²) in [6, 6.07) is 6.22. The molecule has 1 fully saturated rings. The quantitative estimate of drug-likeness (QED) is 0.833. The number of halogens is 1. The largest absolute Gasteiger partial charge is 0.444 e. The molecule has 1 aromatic rings. The Morgan fingerprint density at radius 3 is 2.25 bits per heavy atom. The summed E-state index contributed by atoms with van der Waals surface area (Å²) in [5.41, 5.74) is -0.152. The van der Waals surface area contributed by atoms with Crippen molar-refractivity contribution in [1.82, 2.24) is 15.1 Å². The van der Waals surface area contributed by atoms with Crippen LogP contribution in [-0.4, -0.2) is 59.5 Å². The Morgan fingerprint density at radius 2 is 1.64 bits per heavy atom. The van der Waals surface area contributed by atoms with E-state index in [0.717, 1.165) is 0 Å². The van der Waals surface area contributed by atoms with E-state index in [-0.39, 0.29) is 43.1 Å². The van der Waals surface area contributed by atoms with Crippen LogP contribution in [0.1, 0.15) is 39.2 Å². The molecule has 1 saturated heterocycles. The van der Waals surface area contributed by atoms with Crippen LogP contribution < -0.4 is 5.32 Å². The lowest BCUT2D eigenvalue weighted by atomic mass is 10.2. The molecule has 0 aromatic heterocycles. The number of amides is 3. The van der Waals surface area contributed by atoms with Gasteiger partial charge in [-0.25, -0.2) is 9.18 Å². The van der Waals surface area contributed by atoms with Crippen LogP contribution in [-0.2, 0) is 20.9 Å². The minimum absolute atomic E-state index is 0.0412. The van der Waals surface area contributed by atoms with Crippen LogP contribution in [0.2, 0.25) is 0 Å². The highest BCUT2D eigenvalue weighted by atomic mass is 19.1. The monoisotopic (exact) mass is 393 g/mol. The van der Waals surface area contributed by atoms with Gasteiger partial charge in [0.2, 0.25) is 11.8 Å². The standard InChI is InChI=1S/C20H28FN3O4/c1-20(2,3)28-19(27)24-12-10-23(11-13-24)18(26)9-8-17(25)22-14-15-6-4-5-7-16(15)21/h4-7H,8-14H2,1-3H3,(H,22,25). The maximum Gasteiger partial charge on any atom is 0.410 e. The summed E-state index contributed by atoms with van der Waals surface area (Å²) < 4.78 is 18.9. The first-order chi connectivity index (χ1) is 13.2. The Balaban J connectivity index is 1.69. The van der Waals surface area contributed by atoms with Crippen LogP contribution in [0.25, 0.3) is 0 Å². The van der Waals surface area contributed by atoms with Crippen molar-refractivity contribution < 1.29 is 23.5 Å². The molecule has 1 N–H and O–H groups in total. The van der Waals surface area contributed by atoms with Gasteiger partial charge >= 0.3 is 6.09 Å². The molecule has 8 heteroatoms. The zero-order valence-corrected chi connectivity index (χ0v) is 16.7. The topological polar surface area (TPSA) is 79.0 Å². The van der Waals surface area contributed by atoms with E-state index in [1.807, 2.05) is 20.8 Å². The van der Waals surface area contributed by atoms with Crippen LogP contribution >= 0.6 is 0 Å². The molecule has 0 spiro atoms. The number of rotatable bonds is 5. The van der Waals surface area contributed by atoms with E-state index < -0.39 is 5.60 Å². The molecular weight excluding hydrogens is 365 g/mol. The van der Waals surface area contributed by atoms with Gasteiger partial charge in [0.1, 0.15) is 11.4 Å². The SMILES string of the molecule is CC(C)(C)OC(=O)N1CCN(C(=O)CCC(=O)NCc2ccccc2F)CC1. The number of hydrogen-bond acceptors (Lipinski definition) is 4. The molecule has 0 unspecified atom stereocenters. The third kappa shape index (κ3) is 6.83. The van der Waals surface area contributed by atoms with Crippen LogP contribution in [0.5, 0.6) is 0 Å². The molecular formula is C20H28FN3O4. The number of ether oxygens (including phenoxy) is 1. The van der Waals surface area contributed by atoms with E-state index in [1.165, 1.54) is 6.07 Å². The Labute approximate surface area is 164 Å². The van der Waals surface area contributed by atoms with Crippen LogP contribution in [0, 0.1) is 5.82 Å². The Kier molecular flexibility index (Phi) is 7.37. The van der Waals surface area contributed by atoms with Gasteiger partial charge in [-0.05, 0) is 26.8 Å². The smallest absolute Gasteiger partial charge is 0.410 e. The van der Waals surface area contributed by atoms with Crippen LogP contribution in [0.4, 0.5) is 9.18 Å². The van der Waals surface area contributed by atoms with E-state index in [4.69, 9.17) is 4.74 Å². The number of benzene rings is 1. The van der Waals surface area contributed by atoms with Gasteiger partial charge in [-0.2, -0.15) is 0 Å². The fourth-order valence-electron chi connectivity index (χ4n) is 2.77. The summed E-state index contributed by atoms with van der Waals surface area (Å²) in [5, 5.41) is 2.62. The first-order valence-corrected chi connectivity index (χ1v) is 9.41. The molecule has 0 aliphatic carbocycles. The summed E-state index contributed by atoms with van der Waals surface area (Å²) >= 11 is 0. The van der Waals surface area contributed by atoms with Gasteiger partial charge in [0.25, 0.3) is 0 Å². The molecule has 154 valence electrons. The minimum atomic E-state index is -0.555. The van der Waals surface area contributed by atoms with Crippen molar-refractivity contribution in [1.29, 1.82) is 0 Å². The number of nitrogens with one attached hydrogen (secondary N) is 1. The molecule has 1 aliphatic heterocycles. The zero-order chi connectivity index (χ0) is 20.7. The van der Waals surface area contributed by atoms with Crippen molar-refractivity contribution >= 4 is 17.9 Å². The van der Waals surface area contributed by atoms with Crippen molar-refractivity contribution in [3.63, 3.8) is 0 Å².